The maximum Gasteiger partial charge on any atom is 0.342 e. The fraction of sp³-hybridized carbons (Fsp3) is 0.400. The highest BCUT2D eigenvalue weighted by Crippen LogP contribution is 2.25. The van der Waals surface area contributed by atoms with Crippen LogP contribution in [0.15, 0.2) is 12.1 Å². The van der Waals surface area contributed by atoms with E-state index in [4.69, 9.17) is 28.9 Å². The van der Waals surface area contributed by atoms with Crippen molar-refractivity contribution in [1.29, 1.82) is 0 Å². The second-order valence-corrected chi connectivity index (χ2v) is 3.94. The summed E-state index contributed by atoms with van der Waals surface area (Å²) in [5.74, 6) is -1.02. The monoisotopic (exact) mass is 280 g/mol. The summed E-state index contributed by atoms with van der Waals surface area (Å²) in [5, 5.41) is 0.134. The number of carbonyl (C=O) groups is 1. The summed E-state index contributed by atoms with van der Waals surface area (Å²) in [6, 6.07) is 1.61. The highest BCUT2D eigenvalue weighted by Gasteiger charge is 2.29. The summed E-state index contributed by atoms with van der Waals surface area (Å²) in [4.78, 5) is 14.9. The molecule has 0 aliphatic rings. The molecule has 94 valence electrons. The van der Waals surface area contributed by atoms with E-state index in [1.54, 1.807) is 6.92 Å². The number of nitrogens with zero attached hydrogens (tertiary/aromatic N) is 1. The van der Waals surface area contributed by atoms with Crippen LogP contribution < -0.4 is 5.73 Å². The summed E-state index contributed by atoms with van der Waals surface area (Å²) in [5.41, 5.74) is 5.78. The zero-order valence-corrected chi connectivity index (χ0v) is 10.5. The zero-order valence-electron chi connectivity index (χ0n) is 8.99. The maximum atomic E-state index is 13.6. The summed E-state index contributed by atoms with van der Waals surface area (Å²) in [6.45, 7) is 1.66. The summed E-state index contributed by atoms with van der Waals surface area (Å²) in [6.07, 6.45) is -1.99. The van der Waals surface area contributed by atoms with Crippen LogP contribution in [0.3, 0.4) is 0 Å². The van der Waals surface area contributed by atoms with Crippen molar-refractivity contribution in [2.24, 2.45) is 5.73 Å². The van der Waals surface area contributed by atoms with Gasteiger partial charge in [-0.25, -0.2) is 14.2 Å². The van der Waals surface area contributed by atoms with E-state index in [0.29, 0.717) is 0 Å². The quantitative estimate of drug-likeness (QED) is 0.679. The van der Waals surface area contributed by atoms with E-state index in [1.807, 2.05) is 0 Å². The number of pyridine rings is 1. The van der Waals surface area contributed by atoms with Crippen LogP contribution in [0.25, 0.3) is 0 Å². The fourth-order valence-electron chi connectivity index (χ4n) is 1.20. The van der Waals surface area contributed by atoms with Crippen molar-refractivity contribution in [2.45, 2.75) is 19.1 Å². The number of carbonyl (C=O) groups excluding carboxylic acids is 1. The number of nitrogens with two attached hydrogens (primary N) is 1. The van der Waals surface area contributed by atoms with Crippen molar-refractivity contribution in [3.8, 4) is 0 Å². The molecule has 0 amide bonds. The molecule has 1 aromatic heterocycles. The molecule has 4 nitrogen and oxygen atoms in total. The van der Waals surface area contributed by atoms with Gasteiger partial charge in [0.15, 0.2) is 0 Å². The topological polar surface area (TPSA) is 65.2 Å². The number of rotatable bonds is 4. The normalized spacial score (nSPS) is 14.2. The van der Waals surface area contributed by atoms with Crippen molar-refractivity contribution in [3.63, 3.8) is 0 Å². The molecule has 7 heteroatoms. The van der Waals surface area contributed by atoms with Gasteiger partial charge in [-0.05, 0) is 13.0 Å². The Morgan fingerprint density at radius 1 is 1.59 bits per heavy atom. The molecule has 0 radical (unpaired) electrons. The Morgan fingerprint density at radius 2 is 2.24 bits per heavy atom. The van der Waals surface area contributed by atoms with Crippen LogP contribution >= 0.6 is 23.2 Å². The Kier molecular flexibility index (Phi) is 5.11. The van der Waals surface area contributed by atoms with Gasteiger partial charge in [-0.15, -0.1) is 0 Å². The molecule has 1 unspecified atom stereocenters. The molecule has 0 aromatic carbocycles. The zero-order chi connectivity index (χ0) is 13.0. The fourth-order valence-corrected chi connectivity index (χ4v) is 1.67. The first-order chi connectivity index (χ1) is 7.97. The van der Waals surface area contributed by atoms with E-state index in [-0.39, 0.29) is 22.5 Å². The molecule has 0 spiro atoms. The summed E-state index contributed by atoms with van der Waals surface area (Å²) < 4.78 is 18.2. The number of hydrogen-bond donors (Lipinski definition) is 1. The van der Waals surface area contributed by atoms with Crippen molar-refractivity contribution < 1.29 is 13.9 Å². The maximum absolute atomic E-state index is 13.6. The average Bonchev–Trinajstić information content (AvgIpc) is 2.27. The Balaban J connectivity index is 2.88. The Labute approximate surface area is 108 Å². The molecule has 1 aromatic rings. The van der Waals surface area contributed by atoms with Gasteiger partial charge in [0.25, 0.3) is 0 Å². The first kappa shape index (κ1) is 14.2. The second-order valence-electron chi connectivity index (χ2n) is 3.19. The van der Waals surface area contributed by atoms with Crippen LogP contribution in [0.4, 0.5) is 4.39 Å². The lowest BCUT2D eigenvalue weighted by Gasteiger charge is -2.16. The third-order valence-electron chi connectivity index (χ3n) is 2.03. The van der Waals surface area contributed by atoms with Gasteiger partial charge in [-0.2, -0.15) is 0 Å². The lowest BCUT2D eigenvalue weighted by atomic mass is 10.1. The molecule has 0 aliphatic carbocycles. The highest BCUT2D eigenvalue weighted by atomic mass is 35.5. The Morgan fingerprint density at radius 3 is 2.76 bits per heavy atom. The van der Waals surface area contributed by atoms with Gasteiger partial charge in [0.05, 0.1) is 12.6 Å². The highest BCUT2D eigenvalue weighted by molar-refractivity contribution is 6.32. The first-order valence-electron chi connectivity index (χ1n) is 4.85. The van der Waals surface area contributed by atoms with Gasteiger partial charge in [0, 0.05) is 5.56 Å². The van der Waals surface area contributed by atoms with Gasteiger partial charge in [0.2, 0.25) is 6.17 Å². The van der Waals surface area contributed by atoms with Crippen LogP contribution in [0.2, 0.25) is 10.3 Å². The molecule has 0 aliphatic heterocycles. The van der Waals surface area contributed by atoms with Crippen LogP contribution in [-0.4, -0.2) is 23.7 Å². The van der Waals surface area contributed by atoms with E-state index >= 15 is 0 Å². The minimum absolute atomic E-state index is 0.0306. The lowest BCUT2D eigenvalue weighted by Crippen LogP contribution is -2.31. The number of esters is 1. The van der Waals surface area contributed by atoms with Gasteiger partial charge in [-0.3, -0.25) is 0 Å². The summed E-state index contributed by atoms with van der Waals surface area (Å²) in [7, 11) is 0. The average molecular weight is 281 g/mol. The van der Waals surface area contributed by atoms with Crippen molar-refractivity contribution >= 4 is 29.2 Å². The minimum Gasteiger partial charge on any atom is -0.464 e. The molecule has 0 saturated carbocycles. The SMILES string of the molecule is CCOC(=O)C(F)[C@@H](N)c1ccc(Cl)nc1Cl. The molecule has 0 saturated heterocycles. The number of halogens is 3. The van der Waals surface area contributed by atoms with Crippen molar-refractivity contribution in [1.82, 2.24) is 4.98 Å². The van der Waals surface area contributed by atoms with Gasteiger partial charge >= 0.3 is 5.97 Å². The first-order valence-corrected chi connectivity index (χ1v) is 5.61. The molecular formula is C10H11Cl2FN2O2. The Bertz CT molecular complexity index is 417. The number of ether oxygens (including phenoxy) is 1. The van der Waals surface area contributed by atoms with E-state index in [0.717, 1.165) is 0 Å². The second kappa shape index (κ2) is 6.14. The third-order valence-corrected chi connectivity index (χ3v) is 2.54. The van der Waals surface area contributed by atoms with E-state index in [1.165, 1.54) is 12.1 Å². The van der Waals surface area contributed by atoms with E-state index in [9.17, 15) is 9.18 Å². The van der Waals surface area contributed by atoms with Crippen LogP contribution in [-0.2, 0) is 9.53 Å². The van der Waals surface area contributed by atoms with Crippen LogP contribution in [0, 0.1) is 0 Å². The third kappa shape index (κ3) is 3.52. The number of aromatic nitrogens is 1. The van der Waals surface area contributed by atoms with E-state index in [2.05, 4.69) is 9.72 Å². The molecule has 0 fully saturated rings. The molecular weight excluding hydrogens is 270 g/mol. The number of alkyl halides is 1. The minimum atomic E-state index is -1.99. The lowest BCUT2D eigenvalue weighted by molar-refractivity contribution is -0.149. The molecule has 0 bridgehead atoms. The van der Waals surface area contributed by atoms with Gasteiger partial charge in [0.1, 0.15) is 10.3 Å². The van der Waals surface area contributed by atoms with Crippen LogP contribution in [0.5, 0.6) is 0 Å². The standard InChI is InChI=1S/C10H11Cl2FN2O2/c1-2-17-10(16)7(13)8(14)5-3-4-6(11)15-9(5)12/h3-4,7-8H,2,14H2,1H3/t7?,8-/m0/s1. The van der Waals surface area contributed by atoms with Crippen molar-refractivity contribution in [3.05, 3.63) is 28.0 Å². The summed E-state index contributed by atoms with van der Waals surface area (Å²) >= 11 is 11.3. The number of hydrogen-bond acceptors (Lipinski definition) is 4. The van der Waals surface area contributed by atoms with Crippen molar-refractivity contribution in [2.75, 3.05) is 6.61 Å². The van der Waals surface area contributed by atoms with Gasteiger partial charge in [-0.1, -0.05) is 29.3 Å². The van der Waals surface area contributed by atoms with Crippen LogP contribution in [0.1, 0.15) is 18.5 Å². The molecule has 2 N–H and O–H groups in total. The predicted molar refractivity (Wildman–Crippen MR) is 62.7 cm³/mol. The predicted octanol–water partition coefficient (Wildman–Crippen LogP) is 2.29. The Hall–Kier alpha value is -0.910. The smallest absolute Gasteiger partial charge is 0.342 e. The van der Waals surface area contributed by atoms with Gasteiger partial charge < -0.3 is 10.5 Å². The molecule has 2 atom stereocenters. The largest absolute Gasteiger partial charge is 0.464 e. The molecule has 1 rings (SSSR count). The van der Waals surface area contributed by atoms with E-state index < -0.39 is 18.2 Å². The molecule has 1 heterocycles. The molecule has 17 heavy (non-hydrogen) atoms.